The van der Waals surface area contributed by atoms with Crippen LogP contribution in [0.3, 0.4) is 0 Å². The zero-order chi connectivity index (χ0) is 12.6. The van der Waals surface area contributed by atoms with Gasteiger partial charge in [0.2, 0.25) is 0 Å². The maximum Gasteiger partial charge on any atom is 0.257 e. The Morgan fingerprint density at radius 2 is 2.00 bits per heavy atom. The topological polar surface area (TPSA) is 46.3 Å². The maximum atomic E-state index is 12.3. The number of benzene rings is 1. The predicted octanol–water partition coefficient (Wildman–Crippen LogP) is 2.56. The van der Waals surface area contributed by atoms with Gasteiger partial charge in [0, 0.05) is 18.6 Å². The second-order valence-corrected chi connectivity index (χ2v) is 5.10. The van der Waals surface area contributed by atoms with E-state index in [-0.39, 0.29) is 18.0 Å². The Balaban J connectivity index is 2.32. The van der Waals surface area contributed by atoms with E-state index in [1.54, 1.807) is 23.1 Å². The van der Waals surface area contributed by atoms with Crippen LogP contribution in [0.5, 0.6) is 0 Å². The molecule has 2 rings (SSSR count). The molecule has 1 aromatic carbocycles. The fourth-order valence-electron chi connectivity index (χ4n) is 2.10. The van der Waals surface area contributed by atoms with Crippen molar-refractivity contribution in [1.82, 2.24) is 4.90 Å². The van der Waals surface area contributed by atoms with Gasteiger partial charge < -0.3 is 10.6 Å². The average molecular weight is 273 g/mol. The van der Waals surface area contributed by atoms with Crippen molar-refractivity contribution in [3.63, 3.8) is 0 Å². The predicted molar refractivity (Wildman–Crippen MR) is 69.6 cm³/mol. The van der Waals surface area contributed by atoms with Crippen molar-refractivity contribution in [3.05, 3.63) is 33.8 Å². The number of rotatable bonds is 1. The fraction of sp³-hybridized carbons (Fsp3) is 0.417. The number of amides is 1. The van der Waals surface area contributed by atoms with Gasteiger partial charge in [-0.3, -0.25) is 4.79 Å². The molecule has 2 atom stereocenters. The van der Waals surface area contributed by atoms with Crippen LogP contribution in [0.25, 0.3) is 0 Å². The van der Waals surface area contributed by atoms with Crippen molar-refractivity contribution in [2.45, 2.75) is 25.4 Å². The lowest BCUT2D eigenvalue weighted by molar-refractivity contribution is 0.0743. The van der Waals surface area contributed by atoms with Crippen molar-refractivity contribution in [1.29, 1.82) is 0 Å². The second kappa shape index (κ2) is 4.84. The number of hydrogen-bond donors (Lipinski definition) is 1. The molecule has 0 bridgehead atoms. The van der Waals surface area contributed by atoms with Crippen LogP contribution in [0.1, 0.15) is 23.7 Å². The van der Waals surface area contributed by atoms with Gasteiger partial charge in [-0.15, -0.1) is 0 Å². The van der Waals surface area contributed by atoms with Gasteiger partial charge in [-0.25, -0.2) is 0 Å². The van der Waals surface area contributed by atoms with Crippen LogP contribution in [0.15, 0.2) is 18.2 Å². The van der Waals surface area contributed by atoms with Crippen LogP contribution in [-0.2, 0) is 0 Å². The Hall–Kier alpha value is -0.770. The molecule has 1 aromatic rings. The molecule has 1 amide bonds. The van der Waals surface area contributed by atoms with E-state index in [1.807, 2.05) is 6.92 Å². The standard InChI is InChI=1S/C12H14Cl2N2O/c1-7-10(15)5-6-16(7)12(17)11-8(13)3-2-4-9(11)14/h2-4,7,10H,5-6,15H2,1H3. The van der Waals surface area contributed by atoms with Gasteiger partial charge in [-0.1, -0.05) is 29.3 Å². The first-order valence-electron chi connectivity index (χ1n) is 5.53. The van der Waals surface area contributed by atoms with Crippen LogP contribution in [0.2, 0.25) is 10.0 Å². The Bertz CT molecular complexity index is 430. The van der Waals surface area contributed by atoms with E-state index in [9.17, 15) is 4.79 Å². The normalized spacial score (nSPS) is 24.1. The zero-order valence-corrected chi connectivity index (χ0v) is 11.0. The number of carbonyl (C=O) groups excluding carboxylic acids is 1. The van der Waals surface area contributed by atoms with Gasteiger partial charge in [0.05, 0.1) is 15.6 Å². The minimum atomic E-state index is -0.138. The zero-order valence-electron chi connectivity index (χ0n) is 9.49. The van der Waals surface area contributed by atoms with E-state index in [4.69, 9.17) is 28.9 Å². The monoisotopic (exact) mass is 272 g/mol. The highest BCUT2D eigenvalue weighted by molar-refractivity contribution is 6.39. The molecule has 1 saturated heterocycles. The molecule has 1 aliphatic heterocycles. The van der Waals surface area contributed by atoms with Crippen molar-refractivity contribution < 1.29 is 4.79 Å². The van der Waals surface area contributed by atoms with Crippen molar-refractivity contribution in [2.24, 2.45) is 5.73 Å². The quantitative estimate of drug-likeness (QED) is 0.854. The SMILES string of the molecule is CC1C(N)CCN1C(=O)c1c(Cl)cccc1Cl. The van der Waals surface area contributed by atoms with E-state index in [2.05, 4.69) is 0 Å². The third-order valence-corrected chi connectivity index (χ3v) is 3.88. The van der Waals surface area contributed by atoms with Gasteiger partial charge in [0.1, 0.15) is 0 Å². The summed E-state index contributed by atoms with van der Waals surface area (Å²) in [7, 11) is 0. The summed E-state index contributed by atoms with van der Waals surface area (Å²) in [5.41, 5.74) is 6.27. The molecule has 0 aromatic heterocycles. The molecule has 5 heteroatoms. The summed E-state index contributed by atoms with van der Waals surface area (Å²) < 4.78 is 0. The first-order chi connectivity index (χ1) is 8.02. The molecule has 17 heavy (non-hydrogen) atoms. The number of nitrogens with zero attached hydrogens (tertiary/aromatic N) is 1. The summed E-state index contributed by atoms with van der Waals surface area (Å²) >= 11 is 12.0. The van der Waals surface area contributed by atoms with E-state index in [1.165, 1.54) is 0 Å². The highest BCUT2D eigenvalue weighted by Crippen LogP contribution is 2.28. The number of nitrogens with two attached hydrogens (primary N) is 1. The van der Waals surface area contributed by atoms with Gasteiger partial charge in [0.15, 0.2) is 0 Å². The van der Waals surface area contributed by atoms with Crippen molar-refractivity contribution >= 4 is 29.1 Å². The smallest absolute Gasteiger partial charge is 0.257 e. The number of hydrogen-bond acceptors (Lipinski definition) is 2. The van der Waals surface area contributed by atoms with Gasteiger partial charge in [0.25, 0.3) is 5.91 Å². The molecule has 3 nitrogen and oxygen atoms in total. The summed E-state index contributed by atoms with van der Waals surface area (Å²) in [6.07, 6.45) is 0.814. The molecule has 1 aliphatic rings. The summed E-state index contributed by atoms with van der Waals surface area (Å²) in [6, 6.07) is 5.11. The van der Waals surface area contributed by atoms with Crippen molar-refractivity contribution in [3.8, 4) is 0 Å². The number of likely N-dealkylation sites (tertiary alicyclic amines) is 1. The Kier molecular flexibility index (Phi) is 3.61. The van der Waals surface area contributed by atoms with Gasteiger partial charge in [-0.05, 0) is 25.5 Å². The third-order valence-electron chi connectivity index (χ3n) is 3.25. The highest BCUT2D eigenvalue weighted by Gasteiger charge is 2.33. The van der Waals surface area contributed by atoms with Gasteiger partial charge in [-0.2, -0.15) is 0 Å². The molecule has 0 radical (unpaired) electrons. The van der Waals surface area contributed by atoms with Crippen LogP contribution in [0, 0.1) is 0 Å². The molecule has 0 saturated carbocycles. The van der Waals surface area contributed by atoms with Crippen LogP contribution in [-0.4, -0.2) is 29.4 Å². The molecule has 0 spiro atoms. The number of halogens is 2. The minimum Gasteiger partial charge on any atom is -0.334 e. The summed E-state index contributed by atoms with van der Waals surface area (Å²) in [5.74, 6) is -0.138. The fourth-order valence-corrected chi connectivity index (χ4v) is 2.66. The van der Waals surface area contributed by atoms with Gasteiger partial charge >= 0.3 is 0 Å². The largest absolute Gasteiger partial charge is 0.334 e. The lowest BCUT2D eigenvalue weighted by Gasteiger charge is -2.24. The minimum absolute atomic E-state index is 0.0230. The maximum absolute atomic E-state index is 12.3. The Labute approximate surface area is 110 Å². The lowest BCUT2D eigenvalue weighted by atomic mass is 10.1. The van der Waals surface area contributed by atoms with Crippen molar-refractivity contribution in [2.75, 3.05) is 6.54 Å². The third kappa shape index (κ3) is 2.28. The molecular weight excluding hydrogens is 259 g/mol. The first-order valence-corrected chi connectivity index (χ1v) is 6.28. The van der Waals surface area contributed by atoms with Crippen LogP contribution in [0.4, 0.5) is 0 Å². The molecule has 92 valence electrons. The average Bonchev–Trinajstić information content (AvgIpc) is 2.59. The second-order valence-electron chi connectivity index (χ2n) is 4.29. The summed E-state index contributed by atoms with van der Waals surface area (Å²) in [6.45, 7) is 2.60. The first kappa shape index (κ1) is 12.7. The highest BCUT2D eigenvalue weighted by atomic mass is 35.5. The van der Waals surface area contributed by atoms with Crippen LogP contribution >= 0.6 is 23.2 Å². The molecule has 1 fully saturated rings. The molecular formula is C12H14Cl2N2O. The van der Waals surface area contributed by atoms with E-state index < -0.39 is 0 Å². The van der Waals surface area contributed by atoms with Crippen LogP contribution < -0.4 is 5.73 Å². The molecule has 2 N–H and O–H groups in total. The molecule has 0 aliphatic carbocycles. The summed E-state index contributed by atoms with van der Waals surface area (Å²) in [5, 5.41) is 0.769. The summed E-state index contributed by atoms with van der Waals surface area (Å²) in [4.78, 5) is 14.1. The van der Waals surface area contributed by atoms with E-state index in [0.717, 1.165) is 6.42 Å². The Morgan fingerprint density at radius 3 is 2.47 bits per heavy atom. The van der Waals surface area contributed by atoms with E-state index in [0.29, 0.717) is 22.2 Å². The van der Waals surface area contributed by atoms with E-state index >= 15 is 0 Å². The lowest BCUT2D eigenvalue weighted by Crippen LogP contribution is -2.40. The molecule has 2 unspecified atom stereocenters. The molecule has 1 heterocycles. The Morgan fingerprint density at radius 1 is 1.41 bits per heavy atom. The number of carbonyl (C=O) groups is 1.